The van der Waals surface area contributed by atoms with E-state index in [1.807, 2.05) is 0 Å². The third kappa shape index (κ3) is 5.41. The maximum Gasteiger partial charge on any atom is 0.335 e. The van der Waals surface area contributed by atoms with Crippen molar-refractivity contribution in [1.82, 2.24) is 0 Å². The molecular formula is C19H28O6. The Morgan fingerprint density at radius 1 is 1.00 bits per heavy atom. The van der Waals surface area contributed by atoms with Crippen LogP contribution in [0.15, 0.2) is 24.3 Å². The molecule has 0 saturated heterocycles. The maximum absolute atomic E-state index is 12.0. The molecule has 2 saturated carbocycles. The molecule has 0 aromatic carbocycles. The van der Waals surface area contributed by atoms with Crippen LogP contribution in [-0.2, 0) is 28.5 Å². The molecule has 0 atom stereocenters. The van der Waals surface area contributed by atoms with Crippen LogP contribution in [-0.4, -0.2) is 37.2 Å². The summed E-state index contributed by atoms with van der Waals surface area (Å²) >= 11 is 0. The van der Waals surface area contributed by atoms with Gasteiger partial charge in [0.2, 0.25) is 11.6 Å². The molecule has 0 bridgehead atoms. The van der Waals surface area contributed by atoms with E-state index >= 15 is 0 Å². The van der Waals surface area contributed by atoms with Crippen molar-refractivity contribution in [2.24, 2.45) is 0 Å². The third-order valence-corrected chi connectivity index (χ3v) is 4.71. The van der Waals surface area contributed by atoms with Gasteiger partial charge in [-0.15, -0.1) is 0 Å². The molecule has 0 aliphatic heterocycles. The van der Waals surface area contributed by atoms with E-state index in [0.717, 1.165) is 38.5 Å². The average Bonchev–Trinajstić information content (AvgIpc) is 3.22. The lowest BCUT2D eigenvalue weighted by molar-refractivity contribution is -0.222. The van der Waals surface area contributed by atoms with Crippen molar-refractivity contribution in [2.45, 2.75) is 69.9 Å². The van der Waals surface area contributed by atoms with Gasteiger partial charge < -0.3 is 18.9 Å². The largest absolute Gasteiger partial charge is 0.430 e. The molecule has 0 aromatic heterocycles. The molecule has 2 fully saturated rings. The molecule has 140 valence electrons. The van der Waals surface area contributed by atoms with E-state index in [9.17, 15) is 9.59 Å². The van der Waals surface area contributed by atoms with Gasteiger partial charge in [-0.2, -0.15) is 0 Å². The topological polar surface area (TPSA) is 71.1 Å². The fourth-order valence-corrected chi connectivity index (χ4v) is 3.27. The smallest absolute Gasteiger partial charge is 0.335 e. The summed E-state index contributed by atoms with van der Waals surface area (Å²) in [6, 6.07) is 0. The highest BCUT2D eigenvalue weighted by Gasteiger charge is 2.39. The van der Waals surface area contributed by atoms with E-state index in [1.54, 1.807) is 20.1 Å². The Labute approximate surface area is 149 Å². The molecular weight excluding hydrogens is 324 g/mol. The zero-order valence-electron chi connectivity index (χ0n) is 15.2. The van der Waals surface area contributed by atoms with Crippen LogP contribution < -0.4 is 0 Å². The highest BCUT2D eigenvalue weighted by atomic mass is 16.7. The minimum atomic E-state index is -0.913. The third-order valence-electron chi connectivity index (χ3n) is 4.71. The molecule has 0 N–H and O–H groups in total. The van der Waals surface area contributed by atoms with E-state index in [4.69, 9.17) is 18.9 Å². The Kier molecular flexibility index (Phi) is 6.79. The van der Waals surface area contributed by atoms with Crippen LogP contribution >= 0.6 is 0 Å². The molecule has 0 unspecified atom stereocenters. The summed E-state index contributed by atoms with van der Waals surface area (Å²) in [6.45, 7) is 5.37. The Bertz CT molecular complexity index is 524. The van der Waals surface area contributed by atoms with E-state index in [0.29, 0.717) is 18.4 Å². The van der Waals surface area contributed by atoms with Gasteiger partial charge in [0.25, 0.3) is 0 Å². The lowest BCUT2D eigenvalue weighted by Gasteiger charge is -2.28. The van der Waals surface area contributed by atoms with Gasteiger partial charge in [0.05, 0.1) is 6.61 Å². The van der Waals surface area contributed by atoms with Crippen LogP contribution in [0.3, 0.4) is 0 Å². The van der Waals surface area contributed by atoms with E-state index in [-0.39, 0.29) is 6.61 Å². The summed E-state index contributed by atoms with van der Waals surface area (Å²) in [5.41, 5.74) is 0.343. The molecule has 0 amide bonds. The molecule has 2 rings (SSSR count). The van der Waals surface area contributed by atoms with Crippen LogP contribution in [0.2, 0.25) is 0 Å². The van der Waals surface area contributed by atoms with Gasteiger partial charge in [0, 0.05) is 44.4 Å². The predicted octanol–water partition coefficient (Wildman–Crippen LogP) is 3.41. The van der Waals surface area contributed by atoms with Gasteiger partial charge in [-0.25, -0.2) is 9.59 Å². The predicted molar refractivity (Wildman–Crippen MR) is 91.5 cm³/mol. The fraction of sp³-hybridized carbons (Fsp3) is 0.684. The van der Waals surface area contributed by atoms with Gasteiger partial charge in [-0.05, 0) is 32.6 Å². The van der Waals surface area contributed by atoms with E-state index in [2.05, 4.69) is 6.58 Å². The monoisotopic (exact) mass is 352 g/mol. The number of methoxy groups -OCH3 is 1. The molecule has 0 radical (unpaired) electrons. The summed E-state index contributed by atoms with van der Waals surface area (Å²) < 4.78 is 22.1. The van der Waals surface area contributed by atoms with Crippen LogP contribution in [0.4, 0.5) is 0 Å². The number of rotatable bonds is 8. The molecule has 6 heteroatoms. The SMILES string of the molecule is C=C(C)C(=O)OC1(OC/C=C/C(=O)OC2(OC)CCCC2)CCCC1. The Hall–Kier alpha value is -1.66. The first-order chi connectivity index (χ1) is 11.9. The van der Waals surface area contributed by atoms with Crippen molar-refractivity contribution in [1.29, 1.82) is 0 Å². The summed E-state index contributed by atoms with van der Waals surface area (Å²) in [4.78, 5) is 23.8. The second-order valence-electron chi connectivity index (χ2n) is 6.74. The summed E-state index contributed by atoms with van der Waals surface area (Å²) in [7, 11) is 1.56. The molecule has 2 aliphatic rings. The van der Waals surface area contributed by atoms with E-state index in [1.165, 1.54) is 6.08 Å². The zero-order valence-corrected chi connectivity index (χ0v) is 15.2. The second kappa shape index (κ2) is 8.63. The number of carbonyl (C=O) groups is 2. The highest BCUT2D eigenvalue weighted by Crippen LogP contribution is 2.35. The number of hydrogen-bond donors (Lipinski definition) is 0. The van der Waals surface area contributed by atoms with Gasteiger partial charge in [-0.3, -0.25) is 0 Å². The molecule has 25 heavy (non-hydrogen) atoms. The molecule has 2 aliphatic carbocycles. The zero-order chi connectivity index (χ0) is 18.3. The highest BCUT2D eigenvalue weighted by molar-refractivity contribution is 5.87. The minimum absolute atomic E-state index is 0.165. The summed E-state index contributed by atoms with van der Waals surface area (Å²) in [5.74, 6) is -2.60. The molecule has 0 heterocycles. The molecule has 0 aromatic rings. The van der Waals surface area contributed by atoms with Crippen LogP contribution in [0.1, 0.15) is 58.3 Å². The van der Waals surface area contributed by atoms with Gasteiger partial charge in [0.1, 0.15) is 0 Å². The van der Waals surface area contributed by atoms with E-state index < -0.39 is 23.5 Å². The van der Waals surface area contributed by atoms with Crippen molar-refractivity contribution >= 4 is 11.9 Å². The van der Waals surface area contributed by atoms with Gasteiger partial charge in [-0.1, -0.05) is 12.7 Å². The Morgan fingerprint density at radius 2 is 1.56 bits per heavy atom. The summed E-state index contributed by atoms with van der Waals surface area (Å²) in [5, 5.41) is 0. The van der Waals surface area contributed by atoms with Crippen LogP contribution in [0.25, 0.3) is 0 Å². The van der Waals surface area contributed by atoms with Crippen molar-refractivity contribution in [3.05, 3.63) is 24.3 Å². The molecule has 6 nitrogen and oxygen atoms in total. The van der Waals surface area contributed by atoms with Crippen LogP contribution in [0, 0.1) is 0 Å². The number of hydrogen-bond acceptors (Lipinski definition) is 6. The van der Waals surface area contributed by atoms with Gasteiger partial charge >= 0.3 is 11.9 Å². The first-order valence-corrected chi connectivity index (χ1v) is 8.88. The first-order valence-electron chi connectivity index (χ1n) is 8.88. The van der Waals surface area contributed by atoms with Crippen molar-refractivity contribution in [2.75, 3.05) is 13.7 Å². The summed E-state index contributed by atoms with van der Waals surface area (Å²) in [6.07, 6.45) is 9.51. The number of ether oxygens (including phenoxy) is 4. The maximum atomic E-state index is 12.0. The molecule has 0 spiro atoms. The minimum Gasteiger partial charge on any atom is -0.430 e. The van der Waals surface area contributed by atoms with Crippen molar-refractivity contribution in [3.8, 4) is 0 Å². The normalized spacial score (nSPS) is 21.4. The first kappa shape index (κ1) is 19.7. The fourth-order valence-electron chi connectivity index (χ4n) is 3.27. The Morgan fingerprint density at radius 3 is 2.08 bits per heavy atom. The Balaban J connectivity index is 1.82. The lowest BCUT2D eigenvalue weighted by Crippen LogP contribution is -2.35. The number of carbonyl (C=O) groups excluding carboxylic acids is 2. The lowest BCUT2D eigenvalue weighted by atomic mass is 10.2. The quantitative estimate of drug-likeness (QED) is 0.379. The second-order valence-corrected chi connectivity index (χ2v) is 6.74. The van der Waals surface area contributed by atoms with Crippen LogP contribution in [0.5, 0.6) is 0 Å². The van der Waals surface area contributed by atoms with Crippen molar-refractivity contribution in [3.63, 3.8) is 0 Å². The van der Waals surface area contributed by atoms with Crippen molar-refractivity contribution < 1.29 is 28.5 Å². The average molecular weight is 352 g/mol. The number of esters is 2. The standard InChI is InChI=1S/C19H28O6/c1-15(2)17(21)25-19(12-6-7-13-19)23-14-8-9-16(20)24-18(22-3)10-4-5-11-18/h8-9H,1,4-7,10-14H2,2-3H3/b9-8+. The van der Waals surface area contributed by atoms with Gasteiger partial charge in [0.15, 0.2) is 0 Å².